The van der Waals surface area contributed by atoms with Gasteiger partial charge in [-0.25, -0.2) is 4.98 Å². The number of thiophene rings is 1. The van der Waals surface area contributed by atoms with Crippen LogP contribution >= 0.6 is 11.3 Å². The highest BCUT2D eigenvalue weighted by molar-refractivity contribution is 7.17. The molecule has 1 N–H and O–H groups in total. The molecule has 0 bridgehead atoms. The summed E-state index contributed by atoms with van der Waals surface area (Å²) in [7, 11) is 1.70. The van der Waals surface area contributed by atoms with Gasteiger partial charge < -0.3 is 5.32 Å². The maximum atomic E-state index is 11.0. The molecule has 6 heteroatoms. The van der Waals surface area contributed by atoms with E-state index >= 15 is 0 Å². The molecule has 20 heavy (non-hydrogen) atoms. The van der Waals surface area contributed by atoms with Gasteiger partial charge in [0.15, 0.2) is 0 Å². The first-order valence-corrected chi connectivity index (χ1v) is 6.88. The van der Waals surface area contributed by atoms with Crippen molar-refractivity contribution in [1.82, 2.24) is 4.98 Å². The van der Waals surface area contributed by atoms with Gasteiger partial charge in [-0.05, 0) is 16.8 Å². The van der Waals surface area contributed by atoms with Gasteiger partial charge in [0, 0.05) is 23.4 Å². The van der Waals surface area contributed by atoms with Gasteiger partial charge in [0.25, 0.3) is 5.69 Å². The largest absolute Gasteiger partial charge is 0.373 e. The van der Waals surface area contributed by atoms with Crippen molar-refractivity contribution in [1.29, 1.82) is 0 Å². The molecule has 2 heterocycles. The van der Waals surface area contributed by atoms with Gasteiger partial charge >= 0.3 is 0 Å². The van der Waals surface area contributed by atoms with E-state index in [1.807, 2.05) is 29.6 Å². The number of benzene rings is 1. The minimum atomic E-state index is -0.402. The van der Waals surface area contributed by atoms with Crippen molar-refractivity contribution in [3.8, 4) is 11.3 Å². The Kier molecular flexibility index (Phi) is 3.08. The molecule has 5 nitrogen and oxygen atoms in total. The Balaban J connectivity index is 2.25. The van der Waals surface area contributed by atoms with E-state index in [1.165, 1.54) is 12.1 Å². The molecule has 1 aromatic carbocycles. The Hall–Kier alpha value is -2.47. The van der Waals surface area contributed by atoms with Crippen LogP contribution in [0.2, 0.25) is 0 Å². The van der Waals surface area contributed by atoms with E-state index in [9.17, 15) is 10.1 Å². The normalized spacial score (nSPS) is 10.7. The number of anilines is 1. The van der Waals surface area contributed by atoms with Crippen molar-refractivity contribution in [3.63, 3.8) is 0 Å². The van der Waals surface area contributed by atoms with Crippen molar-refractivity contribution >= 4 is 32.9 Å². The van der Waals surface area contributed by atoms with Crippen LogP contribution in [-0.4, -0.2) is 17.0 Å². The predicted octanol–water partition coefficient (Wildman–Crippen LogP) is 3.91. The second-order valence-electron chi connectivity index (χ2n) is 4.25. The summed E-state index contributed by atoms with van der Waals surface area (Å²) in [4.78, 5) is 15.0. The Morgan fingerprint density at radius 2 is 2.15 bits per heavy atom. The lowest BCUT2D eigenvalue weighted by atomic mass is 10.1. The fourth-order valence-electron chi connectivity index (χ4n) is 2.08. The minimum absolute atomic E-state index is 0.0351. The molecular formula is C14H11N3O2S. The molecule has 0 saturated heterocycles. The quantitative estimate of drug-likeness (QED) is 0.585. The molecule has 2 aromatic heterocycles. The summed E-state index contributed by atoms with van der Waals surface area (Å²) in [5.41, 5.74) is 1.56. The van der Waals surface area contributed by atoms with Crippen molar-refractivity contribution in [3.05, 3.63) is 51.9 Å². The van der Waals surface area contributed by atoms with Crippen LogP contribution in [0, 0.1) is 10.1 Å². The smallest absolute Gasteiger partial charge is 0.275 e. The number of pyridine rings is 1. The SMILES string of the molecule is CNc1cc([N+](=O)[O-])cc(-c2cccc3ccsc23)n1. The van der Waals surface area contributed by atoms with Crippen LogP contribution in [0.3, 0.4) is 0 Å². The lowest BCUT2D eigenvalue weighted by Gasteiger charge is -2.06. The maximum Gasteiger partial charge on any atom is 0.275 e. The van der Waals surface area contributed by atoms with Gasteiger partial charge in [-0.3, -0.25) is 10.1 Å². The Morgan fingerprint density at radius 3 is 2.90 bits per heavy atom. The van der Waals surface area contributed by atoms with E-state index in [2.05, 4.69) is 10.3 Å². The maximum absolute atomic E-state index is 11.0. The Morgan fingerprint density at radius 1 is 1.30 bits per heavy atom. The highest BCUT2D eigenvalue weighted by Gasteiger charge is 2.14. The number of nitrogens with one attached hydrogen (secondary N) is 1. The molecule has 0 aliphatic carbocycles. The third-order valence-electron chi connectivity index (χ3n) is 3.03. The average Bonchev–Trinajstić information content (AvgIpc) is 2.94. The van der Waals surface area contributed by atoms with E-state index in [-0.39, 0.29) is 5.69 Å². The highest BCUT2D eigenvalue weighted by atomic mass is 32.1. The van der Waals surface area contributed by atoms with Gasteiger partial charge in [0.05, 0.1) is 16.7 Å². The van der Waals surface area contributed by atoms with E-state index in [0.29, 0.717) is 11.5 Å². The number of fused-ring (bicyclic) bond motifs is 1. The molecule has 0 spiro atoms. The predicted molar refractivity (Wildman–Crippen MR) is 81.3 cm³/mol. The van der Waals surface area contributed by atoms with Crippen LogP contribution < -0.4 is 5.32 Å². The first-order valence-electron chi connectivity index (χ1n) is 6.00. The summed E-state index contributed by atoms with van der Waals surface area (Å²) in [5, 5.41) is 17.0. The fraction of sp³-hybridized carbons (Fsp3) is 0.0714. The van der Waals surface area contributed by atoms with Gasteiger partial charge in [-0.1, -0.05) is 18.2 Å². The number of nitrogens with zero attached hydrogens (tertiary/aromatic N) is 2. The van der Waals surface area contributed by atoms with Crippen LogP contribution in [0.4, 0.5) is 11.5 Å². The summed E-state index contributed by atoms with van der Waals surface area (Å²) in [6.07, 6.45) is 0. The molecule has 0 radical (unpaired) electrons. The molecule has 100 valence electrons. The van der Waals surface area contributed by atoms with Gasteiger partial charge in [0.2, 0.25) is 0 Å². The first-order chi connectivity index (χ1) is 9.69. The van der Waals surface area contributed by atoms with E-state index in [0.717, 1.165) is 15.6 Å². The van der Waals surface area contributed by atoms with Crippen LogP contribution in [0.5, 0.6) is 0 Å². The third-order valence-corrected chi connectivity index (χ3v) is 4.00. The number of aromatic nitrogens is 1. The monoisotopic (exact) mass is 285 g/mol. The van der Waals surface area contributed by atoms with Crippen LogP contribution in [0.1, 0.15) is 0 Å². The number of hydrogen-bond donors (Lipinski definition) is 1. The first kappa shape index (κ1) is 12.6. The number of hydrogen-bond acceptors (Lipinski definition) is 5. The molecule has 0 aliphatic heterocycles. The van der Waals surface area contributed by atoms with Crippen LogP contribution in [0.25, 0.3) is 21.3 Å². The Labute approximate surface area is 119 Å². The minimum Gasteiger partial charge on any atom is -0.373 e. The van der Waals surface area contributed by atoms with E-state index in [4.69, 9.17) is 0 Å². The molecule has 0 atom stereocenters. The molecule has 0 saturated carbocycles. The number of nitro groups is 1. The zero-order valence-corrected chi connectivity index (χ0v) is 11.5. The molecule has 0 aliphatic rings. The van der Waals surface area contributed by atoms with E-state index < -0.39 is 4.92 Å². The van der Waals surface area contributed by atoms with Crippen molar-refractivity contribution in [2.45, 2.75) is 0 Å². The second kappa shape index (κ2) is 4.90. The molecule has 3 aromatic rings. The lowest BCUT2D eigenvalue weighted by Crippen LogP contribution is -1.97. The van der Waals surface area contributed by atoms with Crippen molar-refractivity contribution in [2.24, 2.45) is 0 Å². The van der Waals surface area contributed by atoms with Crippen LogP contribution in [0.15, 0.2) is 41.8 Å². The van der Waals surface area contributed by atoms with Crippen molar-refractivity contribution < 1.29 is 4.92 Å². The summed E-state index contributed by atoms with van der Waals surface area (Å²) in [5.74, 6) is 0.489. The fourth-order valence-corrected chi connectivity index (χ4v) is 3.00. The molecule has 0 fully saturated rings. The number of rotatable bonds is 3. The third kappa shape index (κ3) is 2.10. The Bertz CT molecular complexity index is 798. The molecule has 0 unspecified atom stereocenters. The van der Waals surface area contributed by atoms with Gasteiger partial charge in [0.1, 0.15) is 5.82 Å². The summed E-state index contributed by atoms with van der Waals surface area (Å²) >= 11 is 1.61. The molecular weight excluding hydrogens is 274 g/mol. The topological polar surface area (TPSA) is 68.1 Å². The van der Waals surface area contributed by atoms with E-state index in [1.54, 1.807) is 18.4 Å². The lowest BCUT2D eigenvalue weighted by molar-refractivity contribution is -0.384. The standard InChI is InChI=1S/C14H11N3O2S/c1-15-13-8-10(17(18)19)7-12(16-13)11-4-2-3-9-5-6-20-14(9)11/h2-8H,1H3,(H,15,16). The highest BCUT2D eigenvalue weighted by Crippen LogP contribution is 2.33. The van der Waals surface area contributed by atoms with Crippen LogP contribution in [-0.2, 0) is 0 Å². The van der Waals surface area contributed by atoms with Gasteiger partial charge in [-0.2, -0.15) is 0 Å². The van der Waals surface area contributed by atoms with Gasteiger partial charge in [-0.15, -0.1) is 11.3 Å². The molecule has 3 rings (SSSR count). The second-order valence-corrected chi connectivity index (χ2v) is 5.16. The summed E-state index contributed by atoms with van der Waals surface area (Å²) < 4.78 is 1.09. The summed E-state index contributed by atoms with van der Waals surface area (Å²) in [6, 6.07) is 10.9. The molecule has 0 amide bonds. The zero-order valence-electron chi connectivity index (χ0n) is 10.7. The summed E-state index contributed by atoms with van der Waals surface area (Å²) in [6.45, 7) is 0. The zero-order chi connectivity index (χ0) is 14.1. The average molecular weight is 285 g/mol. The van der Waals surface area contributed by atoms with Crippen molar-refractivity contribution in [2.75, 3.05) is 12.4 Å².